The summed E-state index contributed by atoms with van der Waals surface area (Å²) in [6.07, 6.45) is 5.25. The molecular weight excluding hydrogens is 188 g/mol. The van der Waals surface area contributed by atoms with E-state index in [1.165, 1.54) is 0 Å². The molecule has 0 radical (unpaired) electrons. The molecule has 1 aliphatic rings. The molecule has 0 aromatic heterocycles. The molecule has 88 valence electrons. The number of hydrogen-bond acceptors (Lipinski definition) is 2. The van der Waals surface area contributed by atoms with Gasteiger partial charge in [0.05, 0.1) is 5.41 Å². The van der Waals surface area contributed by atoms with Gasteiger partial charge in [0.1, 0.15) is 0 Å². The first-order valence-corrected chi connectivity index (χ1v) is 6.04. The van der Waals surface area contributed by atoms with Crippen molar-refractivity contribution in [3.05, 3.63) is 0 Å². The van der Waals surface area contributed by atoms with Crippen LogP contribution in [-0.2, 0) is 4.79 Å². The predicted molar refractivity (Wildman–Crippen MR) is 62.5 cm³/mol. The Morgan fingerprint density at radius 2 is 2.00 bits per heavy atom. The first-order valence-electron chi connectivity index (χ1n) is 6.04. The third-order valence-electron chi connectivity index (χ3n) is 3.98. The van der Waals surface area contributed by atoms with Crippen LogP contribution in [0.5, 0.6) is 0 Å². The maximum absolute atomic E-state index is 12.3. The Hall–Kier alpha value is -0.570. The van der Waals surface area contributed by atoms with Gasteiger partial charge in [0.15, 0.2) is 0 Å². The summed E-state index contributed by atoms with van der Waals surface area (Å²) in [7, 11) is 1.91. The minimum absolute atomic E-state index is 0.238. The summed E-state index contributed by atoms with van der Waals surface area (Å²) in [6, 6.07) is 0.321. The van der Waals surface area contributed by atoms with Gasteiger partial charge in [-0.3, -0.25) is 4.79 Å². The van der Waals surface area contributed by atoms with Gasteiger partial charge in [-0.15, -0.1) is 0 Å². The molecule has 2 N–H and O–H groups in total. The zero-order chi connectivity index (χ0) is 11.5. The molecule has 0 bridgehead atoms. The SMILES string of the molecule is CCC(C)N(C)C(=O)C1(CN)CCCC1. The van der Waals surface area contributed by atoms with E-state index in [2.05, 4.69) is 13.8 Å². The van der Waals surface area contributed by atoms with Crippen molar-refractivity contribution < 1.29 is 4.79 Å². The van der Waals surface area contributed by atoms with E-state index < -0.39 is 0 Å². The van der Waals surface area contributed by atoms with Crippen LogP contribution >= 0.6 is 0 Å². The predicted octanol–water partition coefficient (Wildman–Crippen LogP) is 1.76. The lowest BCUT2D eigenvalue weighted by atomic mass is 9.84. The molecule has 0 aliphatic heterocycles. The molecule has 1 saturated carbocycles. The van der Waals surface area contributed by atoms with E-state index >= 15 is 0 Å². The van der Waals surface area contributed by atoms with Gasteiger partial charge >= 0.3 is 0 Å². The zero-order valence-electron chi connectivity index (χ0n) is 10.3. The molecule has 1 atom stereocenters. The van der Waals surface area contributed by atoms with E-state index in [1.807, 2.05) is 11.9 Å². The van der Waals surface area contributed by atoms with Crippen LogP contribution < -0.4 is 5.73 Å². The fourth-order valence-corrected chi connectivity index (χ4v) is 2.41. The van der Waals surface area contributed by atoms with E-state index in [9.17, 15) is 4.79 Å². The van der Waals surface area contributed by atoms with Crippen molar-refractivity contribution in [1.29, 1.82) is 0 Å². The van der Waals surface area contributed by atoms with Crippen LogP contribution in [0.2, 0.25) is 0 Å². The lowest BCUT2D eigenvalue weighted by Gasteiger charge is -2.34. The van der Waals surface area contributed by atoms with Crippen LogP contribution in [0, 0.1) is 5.41 Å². The number of nitrogens with two attached hydrogens (primary N) is 1. The Morgan fingerprint density at radius 1 is 1.47 bits per heavy atom. The van der Waals surface area contributed by atoms with E-state index in [-0.39, 0.29) is 11.3 Å². The van der Waals surface area contributed by atoms with E-state index in [4.69, 9.17) is 5.73 Å². The van der Waals surface area contributed by atoms with Gasteiger partial charge in [-0.25, -0.2) is 0 Å². The standard InChI is InChI=1S/C12H24N2O/c1-4-10(2)14(3)11(15)12(9-13)7-5-6-8-12/h10H,4-9,13H2,1-3H3. The molecule has 0 aromatic carbocycles. The first kappa shape index (κ1) is 12.5. The normalized spacial score (nSPS) is 21.3. The fraction of sp³-hybridized carbons (Fsp3) is 0.917. The van der Waals surface area contributed by atoms with Gasteiger partial charge in [0.25, 0.3) is 0 Å². The lowest BCUT2D eigenvalue weighted by molar-refractivity contribution is -0.142. The van der Waals surface area contributed by atoms with Crippen molar-refractivity contribution in [2.75, 3.05) is 13.6 Å². The topological polar surface area (TPSA) is 46.3 Å². The van der Waals surface area contributed by atoms with Crippen molar-refractivity contribution in [2.45, 2.75) is 52.0 Å². The van der Waals surface area contributed by atoms with Crippen LogP contribution in [-0.4, -0.2) is 30.4 Å². The highest BCUT2D eigenvalue weighted by atomic mass is 16.2. The Kier molecular flexibility index (Phi) is 4.14. The van der Waals surface area contributed by atoms with Gasteiger partial charge in [-0.1, -0.05) is 19.8 Å². The van der Waals surface area contributed by atoms with Crippen LogP contribution in [0.4, 0.5) is 0 Å². The summed E-state index contributed by atoms with van der Waals surface area (Å²) < 4.78 is 0. The Labute approximate surface area is 93.0 Å². The van der Waals surface area contributed by atoms with Gasteiger partial charge in [-0.2, -0.15) is 0 Å². The van der Waals surface area contributed by atoms with Crippen LogP contribution in [0.1, 0.15) is 46.0 Å². The highest BCUT2D eigenvalue weighted by Gasteiger charge is 2.42. The van der Waals surface area contributed by atoms with E-state index in [0.717, 1.165) is 32.1 Å². The molecule has 1 unspecified atom stereocenters. The summed E-state index contributed by atoms with van der Waals surface area (Å²) in [5, 5.41) is 0. The van der Waals surface area contributed by atoms with Gasteiger partial charge in [-0.05, 0) is 26.2 Å². The van der Waals surface area contributed by atoms with Gasteiger partial charge < -0.3 is 10.6 Å². The fourth-order valence-electron chi connectivity index (χ4n) is 2.41. The molecule has 1 rings (SSSR count). The largest absolute Gasteiger partial charge is 0.343 e. The van der Waals surface area contributed by atoms with Gasteiger partial charge in [0.2, 0.25) is 5.91 Å². The summed E-state index contributed by atoms with van der Waals surface area (Å²) >= 11 is 0. The minimum Gasteiger partial charge on any atom is -0.343 e. The summed E-state index contributed by atoms with van der Waals surface area (Å²) in [5.41, 5.74) is 5.56. The second-order valence-corrected chi connectivity index (χ2v) is 4.86. The maximum atomic E-state index is 12.3. The van der Waals surface area contributed by atoms with Crippen molar-refractivity contribution in [1.82, 2.24) is 4.90 Å². The average molecular weight is 212 g/mol. The Bertz CT molecular complexity index is 222. The zero-order valence-corrected chi connectivity index (χ0v) is 10.3. The smallest absolute Gasteiger partial charge is 0.230 e. The molecule has 3 heteroatoms. The van der Waals surface area contributed by atoms with Crippen LogP contribution in [0.3, 0.4) is 0 Å². The molecule has 1 amide bonds. The summed E-state index contributed by atoms with van der Waals surface area (Å²) in [5.74, 6) is 0.261. The molecule has 1 aliphatic carbocycles. The second-order valence-electron chi connectivity index (χ2n) is 4.86. The van der Waals surface area contributed by atoms with Crippen molar-refractivity contribution >= 4 is 5.91 Å². The van der Waals surface area contributed by atoms with Crippen molar-refractivity contribution in [2.24, 2.45) is 11.1 Å². The third-order valence-corrected chi connectivity index (χ3v) is 3.98. The van der Waals surface area contributed by atoms with Crippen molar-refractivity contribution in [3.8, 4) is 0 Å². The van der Waals surface area contributed by atoms with E-state index in [1.54, 1.807) is 0 Å². The Morgan fingerprint density at radius 3 is 2.40 bits per heavy atom. The monoisotopic (exact) mass is 212 g/mol. The van der Waals surface area contributed by atoms with Crippen LogP contribution in [0.15, 0.2) is 0 Å². The number of hydrogen-bond donors (Lipinski definition) is 1. The Balaban J connectivity index is 2.72. The number of nitrogens with zero attached hydrogens (tertiary/aromatic N) is 1. The van der Waals surface area contributed by atoms with Crippen molar-refractivity contribution in [3.63, 3.8) is 0 Å². The van der Waals surface area contributed by atoms with Crippen LogP contribution in [0.25, 0.3) is 0 Å². The average Bonchev–Trinajstić information content (AvgIpc) is 2.75. The molecule has 0 saturated heterocycles. The molecule has 1 fully saturated rings. The molecule has 0 aromatic rings. The molecule has 0 heterocycles. The second kappa shape index (κ2) is 4.97. The lowest BCUT2D eigenvalue weighted by Crippen LogP contribution is -2.48. The maximum Gasteiger partial charge on any atom is 0.230 e. The number of carbonyl (C=O) groups is 1. The summed E-state index contributed by atoms with van der Waals surface area (Å²) in [4.78, 5) is 14.2. The number of carbonyl (C=O) groups excluding carboxylic acids is 1. The van der Waals surface area contributed by atoms with E-state index in [0.29, 0.717) is 12.6 Å². The minimum atomic E-state index is -0.238. The summed E-state index contributed by atoms with van der Waals surface area (Å²) in [6.45, 7) is 4.71. The molecule has 3 nitrogen and oxygen atoms in total. The van der Waals surface area contributed by atoms with Gasteiger partial charge in [0, 0.05) is 19.6 Å². The highest BCUT2D eigenvalue weighted by Crippen LogP contribution is 2.38. The molecule has 15 heavy (non-hydrogen) atoms. The molecular formula is C12H24N2O. The number of rotatable bonds is 4. The first-order chi connectivity index (χ1) is 7.07. The highest BCUT2D eigenvalue weighted by molar-refractivity contribution is 5.83. The quantitative estimate of drug-likeness (QED) is 0.772. The molecule has 0 spiro atoms. The third kappa shape index (κ3) is 2.33. The number of amides is 1.